The number of para-hydroxylation sites is 2. The maximum absolute atomic E-state index is 12.4. The molecule has 0 spiro atoms. The summed E-state index contributed by atoms with van der Waals surface area (Å²) in [5.41, 5.74) is 2.21. The Bertz CT molecular complexity index is 987. The van der Waals surface area contributed by atoms with Gasteiger partial charge in [-0.2, -0.15) is 0 Å². The number of hydrogen-bond acceptors (Lipinski definition) is 5. The second-order valence-electron chi connectivity index (χ2n) is 6.72. The molecule has 154 valence electrons. The molecule has 2 aromatic heterocycles. The van der Waals surface area contributed by atoms with Crippen molar-refractivity contribution < 1.29 is 14.0 Å². The number of aryl methyl sites for hydroxylation is 1. The lowest BCUT2D eigenvalue weighted by Crippen LogP contribution is -2.34. The lowest BCUT2D eigenvalue weighted by Gasteiger charge is -2.19. The summed E-state index contributed by atoms with van der Waals surface area (Å²) in [5.74, 6) is 0.318. The second-order valence-corrected chi connectivity index (χ2v) is 6.72. The fraction of sp³-hybridized carbons (Fsp3) is 0.381. The Morgan fingerprint density at radius 3 is 2.62 bits per heavy atom. The van der Waals surface area contributed by atoms with Crippen molar-refractivity contribution >= 4 is 28.8 Å². The van der Waals surface area contributed by atoms with E-state index in [1.807, 2.05) is 28.8 Å². The molecular weight excluding hydrogens is 370 g/mol. The quantitative estimate of drug-likeness (QED) is 0.579. The molecule has 2 amide bonds. The number of likely N-dealkylation sites (N-methyl/N-ethyl adjacent to an activating group) is 1. The Labute approximate surface area is 169 Å². The van der Waals surface area contributed by atoms with Crippen molar-refractivity contribution in [1.82, 2.24) is 19.8 Å². The van der Waals surface area contributed by atoms with Gasteiger partial charge in [0.05, 0.1) is 29.4 Å². The molecule has 0 unspecified atom stereocenters. The van der Waals surface area contributed by atoms with Gasteiger partial charge in [-0.15, -0.1) is 0 Å². The van der Waals surface area contributed by atoms with Gasteiger partial charge in [0.1, 0.15) is 5.76 Å². The van der Waals surface area contributed by atoms with Crippen LogP contribution < -0.4 is 10.6 Å². The molecule has 0 atom stereocenters. The van der Waals surface area contributed by atoms with Gasteiger partial charge in [0.15, 0.2) is 0 Å². The van der Waals surface area contributed by atoms with Gasteiger partial charge in [0, 0.05) is 13.1 Å². The van der Waals surface area contributed by atoms with Crippen molar-refractivity contribution in [2.24, 2.45) is 0 Å². The number of benzene rings is 1. The van der Waals surface area contributed by atoms with Gasteiger partial charge in [0.25, 0.3) is 5.91 Å². The molecule has 0 radical (unpaired) electrons. The van der Waals surface area contributed by atoms with Crippen LogP contribution in [0.4, 0.5) is 5.95 Å². The van der Waals surface area contributed by atoms with Crippen LogP contribution in [-0.2, 0) is 11.3 Å². The number of hydrogen-bond donors (Lipinski definition) is 2. The summed E-state index contributed by atoms with van der Waals surface area (Å²) in [6, 6.07) is 9.36. The highest BCUT2D eigenvalue weighted by Crippen LogP contribution is 2.19. The average Bonchev–Trinajstić information content (AvgIpc) is 3.30. The molecule has 0 bridgehead atoms. The minimum Gasteiger partial charge on any atom is -0.469 e. The number of fused-ring (bicyclic) bond motifs is 1. The van der Waals surface area contributed by atoms with Crippen LogP contribution in [0.3, 0.4) is 0 Å². The molecule has 0 aliphatic carbocycles. The van der Waals surface area contributed by atoms with Gasteiger partial charge in [0.2, 0.25) is 11.9 Å². The highest BCUT2D eigenvalue weighted by molar-refractivity contribution is 5.99. The van der Waals surface area contributed by atoms with Crippen molar-refractivity contribution in [3.8, 4) is 0 Å². The number of aromatic nitrogens is 2. The number of carbonyl (C=O) groups excluding carboxylic acids is 2. The van der Waals surface area contributed by atoms with Crippen LogP contribution in [0.5, 0.6) is 0 Å². The van der Waals surface area contributed by atoms with Crippen LogP contribution >= 0.6 is 0 Å². The number of rotatable bonds is 9. The third-order valence-electron chi connectivity index (χ3n) is 4.95. The lowest BCUT2D eigenvalue weighted by molar-refractivity contribution is -0.115. The zero-order valence-electron chi connectivity index (χ0n) is 17.1. The predicted octanol–water partition coefficient (Wildman–Crippen LogP) is 2.65. The van der Waals surface area contributed by atoms with E-state index in [-0.39, 0.29) is 18.4 Å². The van der Waals surface area contributed by atoms with E-state index in [4.69, 9.17) is 4.42 Å². The molecule has 8 heteroatoms. The first-order valence-corrected chi connectivity index (χ1v) is 9.83. The summed E-state index contributed by atoms with van der Waals surface area (Å²) in [5, 5.41) is 5.44. The van der Waals surface area contributed by atoms with Gasteiger partial charge in [-0.25, -0.2) is 4.98 Å². The van der Waals surface area contributed by atoms with Crippen molar-refractivity contribution in [2.45, 2.75) is 27.3 Å². The zero-order valence-corrected chi connectivity index (χ0v) is 17.1. The van der Waals surface area contributed by atoms with Crippen molar-refractivity contribution in [3.05, 3.63) is 47.9 Å². The molecule has 1 aromatic carbocycles. The number of amides is 2. The fourth-order valence-electron chi connectivity index (χ4n) is 3.22. The molecule has 29 heavy (non-hydrogen) atoms. The summed E-state index contributed by atoms with van der Waals surface area (Å²) < 4.78 is 7.13. The van der Waals surface area contributed by atoms with E-state index in [1.54, 1.807) is 13.0 Å². The zero-order chi connectivity index (χ0) is 20.8. The Hall–Kier alpha value is -3.13. The highest BCUT2D eigenvalue weighted by Gasteiger charge is 2.16. The van der Waals surface area contributed by atoms with Gasteiger partial charge in [-0.05, 0) is 38.2 Å². The van der Waals surface area contributed by atoms with Crippen LogP contribution in [0.15, 0.2) is 41.0 Å². The predicted molar refractivity (Wildman–Crippen MR) is 112 cm³/mol. The largest absolute Gasteiger partial charge is 0.469 e. The van der Waals surface area contributed by atoms with Crippen LogP contribution in [0.1, 0.15) is 30.0 Å². The van der Waals surface area contributed by atoms with E-state index in [9.17, 15) is 9.59 Å². The number of nitrogens with zero attached hydrogens (tertiary/aromatic N) is 3. The first kappa shape index (κ1) is 20.6. The minimum atomic E-state index is -0.346. The molecule has 0 aliphatic rings. The molecule has 0 fully saturated rings. The van der Waals surface area contributed by atoms with Crippen LogP contribution in [-0.4, -0.2) is 52.4 Å². The molecule has 0 aliphatic heterocycles. The molecule has 0 saturated heterocycles. The lowest BCUT2D eigenvalue weighted by atomic mass is 10.2. The van der Waals surface area contributed by atoms with Crippen molar-refractivity contribution in [2.75, 3.05) is 31.5 Å². The number of imidazole rings is 1. The Morgan fingerprint density at radius 2 is 1.93 bits per heavy atom. The van der Waals surface area contributed by atoms with E-state index in [2.05, 4.69) is 34.4 Å². The minimum absolute atomic E-state index is 0.150. The molecular formula is C21H27N5O3. The number of furan rings is 1. The van der Waals surface area contributed by atoms with E-state index in [0.717, 1.165) is 30.7 Å². The van der Waals surface area contributed by atoms with Crippen molar-refractivity contribution in [3.63, 3.8) is 0 Å². The third-order valence-corrected chi connectivity index (χ3v) is 4.95. The summed E-state index contributed by atoms with van der Waals surface area (Å²) in [6.07, 6.45) is 1.45. The van der Waals surface area contributed by atoms with Crippen molar-refractivity contribution in [1.29, 1.82) is 0 Å². The fourth-order valence-corrected chi connectivity index (χ4v) is 3.22. The summed E-state index contributed by atoms with van der Waals surface area (Å²) >= 11 is 0. The van der Waals surface area contributed by atoms with Crippen LogP contribution in [0.2, 0.25) is 0 Å². The Morgan fingerprint density at radius 1 is 1.17 bits per heavy atom. The smallest absolute Gasteiger partial charge is 0.255 e. The summed E-state index contributed by atoms with van der Waals surface area (Å²) in [7, 11) is 0. The Balaban J connectivity index is 1.69. The first-order valence-electron chi connectivity index (χ1n) is 9.83. The maximum atomic E-state index is 12.4. The van der Waals surface area contributed by atoms with E-state index < -0.39 is 0 Å². The van der Waals surface area contributed by atoms with Gasteiger partial charge in [-0.1, -0.05) is 26.0 Å². The third kappa shape index (κ3) is 4.83. The summed E-state index contributed by atoms with van der Waals surface area (Å²) in [6.45, 7) is 9.29. The molecule has 3 aromatic rings. The van der Waals surface area contributed by atoms with Crippen LogP contribution in [0, 0.1) is 6.92 Å². The maximum Gasteiger partial charge on any atom is 0.255 e. The van der Waals surface area contributed by atoms with E-state index in [1.165, 1.54) is 6.26 Å². The number of carbonyl (C=O) groups is 2. The summed E-state index contributed by atoms with van der Waals surface area (Å²) in [4.78, 5) is 31.5. The normalized spacial score (nSPS) is 11.2. The molecule has 2 heterocycles. The second kappa shape index (κ2) is 9.38. The van der Waals surface area contributed by atoms with Gasteiger partial charge >= 0.3 is 0 Å². The molecule has 2 N–H and O–H groups in total. The topological polar surface area (TPSA) is 92.4 Å². The average molecular weight is 397 g/mol. The Kier molecular flexibility index (Phi) is 6.66. The van der Waals surface area contributed by atoms with E-state index in [0.29, 0.717) is 23.8 Å². The highest BCUT2D eigenvalue weighted by atomic mass is 16.3. The molecule has 3 rings (SSSR count). The first-order chi connectivity index (χ1) is 14.0. The standard InChI is InChI=1S/C21H27N5O3/c1-4-25(5-2)11-12-26-18-9-7-6-8-17(18)23-21(26)24-19(27)14-22-20(28)16-10-13-29-15(16)3/h6-10,13H,4-5,11-12,14H2,1-3H3,(H,22,28)(H,23,24,27). The number of anilines is 1. The van der Waals surface area contributed by atoms with Gasteiger partial charge < -0.3 is 19.2 Å². The molecule has 0 saturated carbocycles. The number of nitrogens with one attached hydrogen (secondary N) is 2. The van der Waals surface area contributed by atoms with Crippen LogP contribution in [0.25, 0.3) is 11.0 Å². The van der Waals surface area contributed by atoms with E-state index >= 15 is 0 Å². The monoisotopic (exact) mass is 397 g/mol. The molecule has 8 nitrogen and oxygen atoms in total. The SMILES string of the molecule is CCN(CC)CCn1c(NC(=O)CNC(=O)c2ccoc2C)nc2ccccc21. The van der Waals surface area contributed by atoms with Gasteiger partial charge in [-0.3, -0.25) is 14.9 Å².